The summed E-state index contributed by atoms with van der Waals surface area (Å²) in [6.07, 6.45) is 3.78. The van der Waals surface area contributed by atoms with Crippen LogP contribution in [0.3, 0.4) is 0 Å². The van der Waals surface area contributed by atoms with Gasteiger partial charge in [0.2, 0.25) is 6.79 Å². The third kappa shape index (κ3) is 2.29. The molecule has 3 N–H and O–H groups in total. The number of hydrogen-bond donors (Lipinski definition) is 2. The number of H-pyrrole nitrogens is 1. The molecule has 1 aliphatic rings. The summed E-state index contributed by atoms with van der Waals surface area (Å²) in [5.74, 6) is 2.38. The summed E-state index contributed by atoms with van der Waals surface area (Å²) in [4.78, 5) is 7.62. The van der Waals surface area contributed by atoms with Crippen LogP contribution < -0.4 is 15.2 Å². The molecule has 1 aliphatic heterocycles. The number of hydrogen-bond acceptors (Lipinski definition) is 4. The number of ether oxygens (including phenoxy) is 2. The van der Waals surface area contributed by atoms with Gasteiger partial charge in [0.25, 0.3) is 0 Å². The number of rotatable bonds is 4. The Labute approximate surface area is 111 Å². The Kier molecular flexibility index (Phi) is 3.13. The summed E-state index contributed by atoms with van der Waals surface area (Å²) in [6, 6.07) is 5.80. The fourth-order valence-electron chi connectivity index (χ4n) is 2.18. The number of nitrogens with two attached hydrogens (primary N) is 1. The van der Waals surface area contributed by atoms with Crippen molar-refractivity contribution in [3.63, 3.8) is 0 Å². The van der Waals surface area contributed by atoms with E-state index in [2.05, 4.69) is 16.9 Å². The first-order valence-electron chi connectivity index (χ1n) is 6.48. The number of benzene rings is 1. The Morgan fingerprint density at radius 1 is 1.37 bits per heavy atom. The van der Waals surface area contributed by atoms with Gasteiger partial charge in [0.1, 0.15) is 5.82 Å². The van der Waals surface area contributed by atoms with Crippen molar-refractivity contribution in [1.29, 1.82) is 0 Å². The largest absolute Gasteiger partial charge is 0.454 e. The van der Waals surface area contributed by atoms with Gasteiger partial charge < -0.3 is 20.2 Å². The molecule has 1 aromatic carbocycles. The third-order valence-electron chi connectivity index (χ3n) is 3.23. The lowest BCUT2D eigenvalue weighted by Crippen LogP contribution is -2.11. The molecule has 1 atom stereocenters. The van der Waals surface area contributed by atoms with Crippen LogP contribution >= 0.6 is 0 Å². The minimum absolute atomic E-state index is 0.0345. The molecular weight excluding hydrogens is 242 g/mol. The highest BCUT2D eigenvalue weighted by Crippen LogP contribution is 2.35. The molecule has 100 valence electrons. The molecule has 5 nitrogen and oxygen atoms in total. The van der Waals surface area contributed by atoms with E-state index in [1.165, 1.54) is 0 Å². The van der Waals surface area contributed by atoms with Crippen molar-refractivity contribution in [2.24, 2.45) is 5.73 Å². The predicted molar refractivity (Wildman–Crippen MR) is 72.0 cm³/mol. The van der Waals surface area contributed by atoms with Crippen molar-refractivity contribution in [3.05, 3.63) is 30.2 Å². The topological polar surface area (TPSA) is 73.2 Å². The number of aromatic nitrogens is 2. The SMILES string of the molecule is CCCC(N)c1ncc(-c2ccc3c(c2)OCO3)[nH]1. The summed E-state index contributed by atoms with van der Waals surface area (Å²) < 4.78 is 10.7. The molecule has 1 unspecified atom stereocenters. The van der Waals surface area contributed by atoms with Crippen molar-refractivity contribution in [2.45, 2.75) is 25.8 Å². The van der Waals surface area contributed by atoms with E-state index < -0.39 is 0 Å². The molecule has 5 heteroatoms. The van der Waals surface area contributed by atoms with Gasteiger partial charge in [-0.1, -0.05) is 13.3 Å². The van der Waals surface area contributed by atoms with Crippen LogP contribution in [0, 0.1) is 0 Å². The van der Waals surface area contributed by atoms with E-state index in [0.29, 0.717) is 0 Å². The van der Waals surface area contributed by atoms with Gasteiger partial charge >= 0.3 is 0 Å². The van der Waals surface area contributed by atoms with Gasteiger partial charge in [0.05, 0.1) is 17.9 Å². The van der Waals surface area contributed by atoms with Gasteiger partial charge in [-0.3, -0.25) is 0 Å². The molecule has 0 amide bonds. The lowest BCUT2D eigenvalue weighted by atomic mass is 10.1. The standard InChI is InChI=1S/C14H17N3O2/c1-2-3-10(15)14-16-7-11(17-14)9-4-5-12-13(6-9)19-8-18-12/h4-7,10H,2-3,8,15H2,1H3,(H,16,17). The highest BCUT2D eigenvalue weighted by Gasteiger charge is 2.15. The van der Waals surface area contributed by atoms with E-state index in [4.69, 9.17) is 15.2 Å². The number of nitrogens with zero attached hydrogens (tertiary/aromatic N) is 1. The summed E-state index contributed by atoms with van der Waals surface area (Å²) in [6.45, 7) is 2.40. The predicted octanol–water partition coefficient (Wildman–Crippen LogP) is 2.61. The monoisotopic (exact) mass is 259 g/mol. The van der Waals surface area contributed by atoms with Crippen molar-refractivity contribution >= 4 is 0 Å². The number of nitrogens with one attached hydrogen (secondary N) is 1. The average molecular weight is 259 g/mol. The Balaban J connectivity index is 1.86. The van der Waals surface area contributed by atoms with E-state index in [0.717, 1.165) is 41.4 Å². The molecule has 0 saturated heterocycles. The second kappa shape index (κ2) is 4.93. The maximum absolute atomic E-state index is 6.05. The molecule has 0 saturated carbocycles. The Bertz CT molecular complexity index is 580. The van der Waals surface area contributed by atoms with Crippen LogP contribution in [-0.4, -0.2) is 16.8 Å². The molecule has 2 heterocycles. The first-order chi connectivity index (χ1) is 9.28. The van der Waals surface area contributed by atoms with Crippen LogP contribution in [0.1, 0.15) is 31.6 Å². The van der Waals surface area contributed by atoms with Crippen LogP contribution in [0.5, 0.6) is 11.5 Å². The number of aromatic amines is 1. The first-order valence-corrected chi connectivity index (χ1v) is 6.48. The van der Waals surface area contributed by atoms with E-state index in [1.54, 1.807) is 0 Å². The summed E-state index contributed by atoms with van der Waals surface area (Å²) in [5.41, 5.74) is 8.01. The van der Waals surface area contributed by atoms with Crippen LogP contribution in [-0.2, 0) is 0 Å². The quantitative estimate of drug-likeness (QED) is 0.885. The number of imidazole rings is 1. The minimum Gasteiger partial charge on any atom is -0.454 e. The van der Waals surface area contributed by atoms with Crippen LogP contribution in [0.2, 0.25) is 0 Å². The van der Waals surface area contributed by atoms with E-state index in [-0.39, 0.29) is 12.8 Å². The highest BCUT2D eigenvalue weighted by atomic mass is 16.7. The molecule has 1 aromatic heterocycles. The van der Waals surface area contributed by atoms with Crippen LogP contribution in [0.15, 0.2) is 24.4 Å². The molecule has 2 aromatic rings. The van der Waals surface area contributed by atoms with Crippen molar-refractivity contribution < 1.29 is 9.47 Å². The van der Waals surface area contributed by atoms with Crippen molar-refractivity contribution in [2.75, 3.05) is 6.79 Å². The van der Waals surface area contributed by atoms with E-state index in [9.17, 15) is 0 Å². The summed E-state index contributed by atoms with van der Waals surface area (Å²) in [7, 11) is 0. The van der Waals surface area contributed by atoms with E-state index >= 15 is 0 Å². The van der Waals surface area contributed by atoms with Gasteiger partial charge in [0, 0.05) is 5.56 Å². The van der Waals surface area contributed by atoms with Gasteiger partial charge in [-0.25, -0.2) is 4.98 Å². The van der Waals surface area contributed by atoms with Crippen molar-refractivity contribution in [3.8, 4) is 22.8 Å². The Hall–Kier alpha value is -2.01. The molecule has 19 heavy (non-hydrogen) atoms. The van der Waals surface area contributed by atoms with Crippen molar-refractivity contribution in [1.82, 2.24) is 9.97 Å². The molecule has 0 bridgehead atoms. The van der Waals surface area contributed by atoms with E-state index in [1.807, 2.05) is 24.4 Å². The Morgan fingerprint density at radius 2 is 2.21 bits per heavy atom. The molecule has 0 fully saturated rings. The third-order valence-corrected chi connectivity index (χ3v) is 3.23. The highest BCUT2D eigenvalue weighted by molar-refractivity contribution is 5.64. The van der Waals surface area contributed by atoms with Gasteiger partial charge in [-0.05, 0) is 24.6 Å². The van der Waals surface area contributed by atoms with Crippen LogP contribution in [0.4, 0.5) is 0 Å². The zero-order chi connectivity index (χ0) is 13.2. The first kappa shape index (κ1) is 12.0. The zero-order valence-electron chi connectivity index (χ0n) is 10.8. The molecule has 3 rings (SSSR count). The fraction of sp³-hybridized carbons (Fsp3) is 0.357. The fourth-order valence-corrected chi connectivity index (χ4v) is 2.18. The Morgan fingerprint density at radius 3 is 3.05 bits per heavy atom. The smallest absolute Gasteiger partial charge is 0.231 e. The molecular formula is C14H17N3O2. The summed E-state index contributed by atoms with van der Waals surface area (Å²) >= 11 is 0. The lowest BCUT2D eigenvalue weighted by molar-refractivity contribution is 0.174. The molecule has 0 radical (unpaired) electrons. The molecule has 0 spiro atoms. The lowest BCUT2D eigenvalue weighted by Gasteiger charge is -2.06. The maximum atomic E-state index is 6.05. The van der Waals surface area contributed by atoms with Gasteiger partial charge in [-0.2, -0.15) is 0 Å². The second-order valence-electron chi connectivity index (χ2n) is 4.65. The average Bonchev–Trinajstić information content (AvgIpc) is 3.07. The summed E-state index contributed by atoms with van der Waals surface area (Å²) in [5, 5.41) is 0. The number of fused-ring (bicyclic) bond motifs is 1. The second-order valence-corrected chi connectivity index (χ2v) is 4.65. The molecule has 0 aliphatic carbocycles. The maximum Gasteiger partial charge on any atom is 0.231 e. The van der Waals surface area contributed by atoms with Crippen LogP contribution in [0.25, 0.3) is 11.3 Å². The minimum atomic E-state index is -0.0345. The van der Waals surface area contributed by atoms with Gasteiger partial charge in [0.15, 0.2) is 11.5 Å². The normalized spacial score (nSPS) is 14.6. The van der Waals surface area contributed by atoms with Gasteiger partial charge in [-0.15, -0.1) is 0 Å². The zero-order valence-corrected chi connectivity index (χ0v) is 10.8.